The van der Waals surface area contributed by atoms with E-state index < -0.39 is 12.0 Å². The Labute approximate surface area is 199 Å². The van der Waals surface area contributed by atoms with Crippen LogP contribution in [-0.4, -0.2) is 54.5 Å². The first-order valence-electron chi connectivity index (χ1n) is 11.0. The minimum absolute atomic E-state index is 0.0345. The van der Waals surface area contributed by atoms with Crippen LogP contribution < -0.4 is 11.1 Å². The van der Waals surface area contributed by atoms with Gasteiger partial charge in [-0.15, -0.1) is 0 Å². The Kier molecular flexibility index (Phi) is 8.16. The lowest BCUT2D eigenvalue weighted by Crippen LogP contribution is -2.32. The van der Waals surface area contributed by atoms with E-state index in [-0.39, 0.29) is 18.2 Å². The van der Waals surface area contributed by atoms with Gasteiger partial charge in [-0.05, 0) is 59.4 Å². The highest BCUT2D eigenvalue weighted by molar-refractivity contribution is 5.95. The van der Waals surface area contributed by atoms with Gasteiger partial charge in [0.1, 0.15) is 6.04 Å². The molecule has 3 aromatic rings. The summed E-state index contributed by atoms with van der Waals surface area (Å²) in [5, 5.41) is 11.8. The average molecular weight is 460 g/mol. The minimum atomic E-state index is -1.05. The average Bonchev–Trinajstić information content (AvgIpc) is 2.84. The molecule has 0 heterocycles. The van der Waals surface area contributed by atoms with Crippen molar-refractivity contribution in [3.05, 3.63) is 95.1 Å². The quantitative estimate of drug-likeness (QED) is 0.455. The van der Waals surface area contributed by atoms with E-state index in [0.29, 0.717) is 24.1 Å². The maximum Gasteiger partial charge on any atom is 0.320 e. The van der Waals surface area contributed by atoms with E-state index in [1.807, 2.05) is 42.5 Å². The lowest BCUT2D eigenvalue weighted by molar-refractivity contribution is -0.138. The van der Waals surface area contributed by atoms with Crippen LogP contribution in [0.2, 0.25) is 0 Å². The fourth-order valence-electron chi connectivity index (χ4n) is 3.51. The van der Waals surface area contributed by atoms with Gasteiger partial charge in [-0.1, -0.05) is 48.5 Å². The van der Waals surface area contributed by atoms with Gasteiger partial charge < -0.3 is 21.1 Å². The first-order chi connectivity index (χ1) is 16.2. The summed E-state index contributed by atoms with van der Waals surface area (Å²) in [6.07, 6.45) is 0.889. The fourth-order valence-corrected chi connectivity index (χ4v) is 3.51. The van der Waals surface area contributed by atoms with Crippen molar-refractivity contribution < 1.29 is 19.5 Å². The molecule has 0 saturated carbocycles. The molecule has 0 fully saturated rings. The molecule has 4 N–H and O–H groups in total. The largest absolute Gasteiger partial charge is 0.480 e. The van der Waals surface area contributed by atoms with E-state index >= 15 is 0 Å². The van der Waals surface area contributed by atoms with Crippen LogP contribution in [0.1, 0.15) is 31.8 Å². The van der Waals surface area contributed by atoms with Crippen molar-refractivity contribution in [2.75, 3.05) is 20.6 Å². The Morgan fingerprint density at radius 2 is 1.53 bits per heavy atom. The molecule has 0 aromatic heterocycles. The summed E-state index contributed by atoms with van der Waals surface area (Å²) >= 11 is 0. The Hall–Kier alpha value is -3.97. The van der Waals surface area contributed by atoms with Crippen LogP contribution in [0.5, 0.6) is 0 Å². The molecule has 0 unspecified atom stereocenters. The number of benzene rings is 3. The van der Waals surface area contributed by atoms with Gasteiger partial charge in [0.15, 0.2) is 0 Å². The third-order valence-electron chi connectivity index (χ3n) is 5.49. The van der Waals surface area contributed by atoms with Crippen LogP contribution >= 0.6 is 0 Å². The zero-order valence-electron chi connectivity index (χ0n) is 19.3. The Balaban J connectivity index is 1.53. The van der Waals surface area contributed by atoms with Crippen molar-refractivity contribution in [1.29, 1.82) is 0 Å². The predicted octanol–water partition coefficient (Wildman–Crippen LogP) is 2.98. The molecule has 176 valence electrons. The lowest BCUT2D eigenvalue weighted by atomic mass is 10.0. The van der Waals surface area contributed by atoms with E-state index in [1.54, 1.807) is 49.3 Å². The summed E-state index contributed by atoms with van der Waals surface area (Å²) in [5.41, 5.74) is 10.5. The third kappa shape index (κ3) is 6.52. The van der Waals surface area contributed by atoms with Crippen LogP contribution in [0.4, 0.5) is 0 Å². The number of amides is 2. The van der Waals surface area contributed by atoms with Crippen LogP contribution in [0.3, 0.4) is 0 Å². The second-order valence-corrected chi connectivity index (χ2v) is 8.33. The van der Waals surface area contributed by atoms with Crippen LogP contribution in [-0.2, 0) is 17.6 Å². The van der Waals surface area contributed by atoms with Crippen molar-refractivity contribution in [2.24, 2.45) is 5.73 Å². The Morgan fingerprint density at radius 3 is 2.15 bits per heavy atom. The first kappa shape index (κ1) is 24.7. The topological polar surface area (TPSA) is 113 Å². The first-order valence-corrected chi connectivity index (χ1v) is 11.0. The molecular formula is C27H29N3O4. The van der Waals surface area contributed by atoms with Gasteiger partial charge in [-0.2, -0.15) is 0 Å². The van der Waals surface area contributed by atoms with Crippen molar-refractivity contribution >= 4 is 17.8 Å². The Morgan fingerprint density at radius 1 is 0.882 bits per heavy atom. The third-order valence-corrected chi connectivity index (χ3v) is 5.49. The molecule has 7 nitrogen and oxygen atoms in total. The number of nitrogens with two attached hydrogens (primary N) is 1. The summed E-state index contributed by atoms with van der Waals surface area (Å²) in [6.45, 7) is 0.483. The van der Waals surface area contributed by atoms with Gasteiger partial charge >= 0.3 is 5.97 Å². The lowest BCUT2D eigenvalue weighted by Gasteiger charge is -2.11. The van der Waals surface area contributed by atoms with Gasteiger partial charge in [0.05, 0.1) is 0 Å². The molecule has 1 atom stereocenters. The van der Waals surface area contributed by atoms with Crippen molar-refractivity contribution in [3.63, 3.8) is 0 Å². The van der Waals surface area contributed by atoms with Gasteiger partial charge in [0.2, 0.25) is 0 Å². The monoisotopic (exact) mass is 459 g/mol. The summed E-state index contributed by atoms with van der Waals surface area (Å²) in [6, 6.07) is 21.4. The molecule has 0 aliphatic carbocycles. The number of nitrogens with one attached hydrogen (secondary N) is 1. The van der Waals surface area contributed by atoms with Crippen LogP contribution in [0.15, 0.2) is 72.8 Å². The van der Waals surface area contributed by atoms with Crippen molar-refractivity contribution in [1.82, 2.24) is 10.2 Å². The van der Waals surface area contributed by atoms with Crippen molar-refractivity contribution in [3.8, 4) is 11.1 Å². The number of carboxylic acid groups (broad SMARTS) is 1. The SMILES string of the molecule is CN(C)C(=O)c1cccc(-c2ccc(CCNC(=O)c3ccc(C[C@H](N)C(=O)O)cc3)cc2)c1. The highest BCUT2D eigenvalue weighted by atomic mass is 16.4. The molecule has 34 heavy (non-hydrogen) atoms. The predicted molar refractivity (Wildman–Crippen MR) is 132 cm³/mol. The summed E-state index contributed by atoms with van der Waals surface area (Å²) in [5.74, 6) is -1.27. The zero-order valence-corrected chi connectivity index (χ0v) is 19.3. The highest BCUT2D eigenvalue weighted by Gasteiger charge is 2.13. The molecule has 7 heteroatoms. The van der Waals surface area contributed by atoms with Crippen LogP contribution in [0.25, 0.3) is 11.1 Å². The maximum atomic E-state index is 12.4. The molecule has 0 bridgehead atoms. The maximum absolute atomic E-state index is 12.4. The van der Waals surface area contributed by atoms with E-state index in [1.165, 1.54) is 0 Å². The van der Waals surface area contributed by atoms with Gasteiger partial charge in [-0.25, -0.2) is 0 Å². The molecule has 3 rings (SSSR count). The number of carboxylic acids is 1. The molecule has 0 aliphatic rings. The molecule has 2 amide bonds. The minimum Gasteiger partial charge on any atom is -0.480 e. The number of aliphatic carboxylic acids is 1. The van der Waals surface area contributed by atoms with Gasteiger partial charge in [0, 0.05) is 31.8 Å². The van der Waals surface area contributed by atoms with E-state index in [4.69, 9.17) is 10.8 Å². The molecule has 0 radical (unpaired) electrons. The van der Waals surface area contributed by atoms with Crippen molar-refractivity contribution in [2.45, 2.75) is 18.9 Å². The number of carbonyl (C=O) groups is 3. The number of nitrogens with zero attached hydrogens (tertiary/aromatic N) is 1. The molecule has 3 aromatic carbocycles. The molecule has 0 spiro atoms. The number of rotatable bonds is 9. The molecular weight excluding hydrogens is 430 g/mol. The number of hydrogen-bond donors (Lipinski definition) is 3. The van der Waals surface area contributed by atoms with Gasteiger partial charge in [0.25, 0.3) is 11.8 Å². The van der Waals surface area contributed by atoms with E-state index in [2.05, 4.69) is 5.32 Å². The standard InChI is InChI=1S/C27H29N3O4/c1-30(2)26(32)23-5-3-4-22(17-23)20-10-6-18(7-11-20)14-15-29-25(31)21-12-8-19(9-13-21)16-24(28)27(33)34/h3-13,17,24H,14-16,28H2,1-2H3,(H,29,31)(H,33,34)/t24-/m0/s1. The second kappa shape index (κ2) is 11.2. The van der Waals surface area contributed by atoms with Gasteiger partial charge in [-0.3, -0.25) is 14.4 Å². The molecule has 0 saturated heterocycles. The fraction of sp³-hybridized carbons (Fsp3) is 0.222. The second-order valence-electron chi connectivity index (χ2n) is 8.33. The summed E-state index contributed by atoms with van der Waals surface area (Å²) < 4.78 is 0. The number of carbonyl (C=O) groups excluding carboxylic acids is 2. The normalized spacial score (nSPS) is 11.5. The van der Waals surface area contributed by atoms with E-state index in [9.17, 15) is 14.4 Å². The number of hydrogen-bond acceptors (Lipinski definition) is 4. The highest BCUT2D eigenvalue weighted by Crippen LogP contribution is 2.21. The molecule has 0 aliphatic heterocycles. The van der Waals surface area contributed by atoms with E-state index in [0.717, 1.165) is 22.3 Å². The summed E-state index contributed by atoms with van der Waals surface area (Å²) in [7, 11) is 3.46. The smallest absolute Gasteiger partial charge is 0.320 e. The summed E-state index contributed by atoms with van der Waals surface area (Å²) in [4.78, 5) is 37.0. The zero-order chi connectivity index (χ0) is 24.7. The Bertz CT molecular complexity index is 1160. The van der Waals surface area contributed by atoms with Crippen LogP contribution in [0, 0.1) is 0 Å².